The first-order chi connectivity index (χ1) is 14.7. The van der Waals surface area contributed by atoms with Crippen molar-refractivity contribution >= 4 is 49.9 Å². The van der Waals surface area contributed by atoms with Crippen LogP contribution in [0.15, 0.2) is 23.6 Å². The van der Waals surface area contributed by atoms with Crippen molar-refractivity contribution in [2.24, 2.45) is 7.05 Å². The molecule has 0 bridgehead atoms. The summed E-state index contributed by atoms with van der Waals surface area (Å²) in [6, 6.07) is 5.99. The second kappa shape index (κ2) is 8.24. The molecule has 0 atom stereocenters. The molecule has 7 nitrogen and oxygen atoms in total. The Labute approximate surface area is 187 Å². The fourth-order valence-corrected chi connectivity index (χ4v) is 5.10. The van der Waals surface area contributed by atoms with E-state index in [2.05, 4.69) is 41.4 Å². The van der Waals surface area contributed by atoms with E-state index in [1.165, 1.54) is 33.8 Å². The zero-order valence-electron chi connectivity index (χ0n) is 17.9. The molecule has 0 aliphatic rings. The third-order valence-electron chi connectivity index (χ3n) is 5.10. The van der Waals surface area contributed by atoms with Gasteiger partial charge in [0.1, 0.15) is 9.71 Å². The number of ether oxygens (including phenoxy) is 1. The van der Waals surface area contributed by atoms with E-state index in [0.29, 0.717) is 10.0 Å². The van der Waals surface area contributed by atoms with Gasteiger partial charge in [-0.15, -0.1) is 22.7 Å². The number of carbonyl (C=O) groups is 2. The first-order valence-electron chi connectivity index (χ1n) is 9.67. The third kappa shape index (κ3) is 4.24. The van der Waals surface area contributed by atoms with Crippen LogP contribution in [0.5, 0.6) is 0 Å². The van der Waals surface area contributed by atoms with Gasteiger partial charge in [0.25, 0.3) is 5.91 Å². The van der Waals surface area contributed by atoms with Gasteiger partial charge in [-0.25, -0.2) is 9.78 Å². The Bertz CT molecular complexity index is 1280. The highest BCUT2D eigenvalue weighted by atomic mass is 32.1. The van der Waals surface area contributed by atoms with E-state index in [1.807, 2.05) is 26.3 Å². The van der Waals surface area contributed by atoms with Crippen LogP contribution in [0.1, 0.15) is 32.1 Å². The van der Waals surface area contributed by atoms with E-state index in [4.69, 9.17) is 4.74 Å². The van der Waals surface area contributed by atoms with Gasteiger partial charge >= 0.3 is 5.97 Å². The van der Waals surface area contributed by atoms with Gasteiger partial charge in [-0.2, -0.15) is 5.10 Å². The Hall–Kier alpha value is -3.04. The normalized spacial score (nSPS) is 11.1. The predicted octanol–water partition coefficient (Wildman–Crippen LogP) is 4.79. The summed E-state index contributed by atoms with van der Waals surface area (Å²) in [5, 5.41) is 10.3. The van der Waals surface area contributed by atoms with Crippen LogP contribution < -0.4 is 5.32 Å². The molecule has 0 saturated carbocycles. The number of benzene rings is 1. The molecular weight excluding hydrogens is 432 g/mol. The second-order valence-electron chi connectivity index (χ2n) is 7.45. The van der Waals surface area contributed by atoms with Crippen LogP contribution >= 0.6 is 22.7 Å². The number of thiazole rings is 1. The topological polar surface area (TPSA) is 86.1 Å². The van der Waals surface area contributed by atoms with E-state index in [-0.39, 0.29) is 6.61 Å². The van der Waals surface area contributed by atoms with Crippen LogP contribution in [-0.2, 0) is 16.6 Å². The van der Waals surface area contributed by atoms with E-state index >= 15 is 0 Å². The highest BCUT2D eigenvalue weighted by molar-refractivity contribution is 7.20. The summed E-state index contributed by atoms with van der Waals surface area (Å²) in [5.41, 5.74) is 6.27. The largest absolute Gasteiger partial charge is 0.451 e. The van der Waals surface area contributed by atoms with E-state index in [9.17, 15) is 9.59 Å². The summed E-state index contributed by atoms with van der Waals surface area (Å²) >= 11 is 2.64. The molecule has 3 aromatic heterocycles. The lowest BCUT2D eigenvalue weighted by Crippen LogP contribution is -2.20. The summed E-state index contributed by atoms with van der Waals surface area (Å²) in [7, 11) is 1.83. The first kappa shape index (κ1) is 21.2. The van der Waals surface area contributed by atoms with Crippen LogP contribution in [0.3, 0.4) is 0 Å². The molecule has 31 heavy (non-hydrogen) atoms. The highest BCUT2D eigenvalue weighted by Crippen LogP contribution is 2.30. The maximum absolute atomic E-state index is 12.3. The zero-order valence-corrected chi connectivity index (χ0v) is 19.5. The van der Waals surface area contributed by atoms with Crippen LogP contribution in [0, 0.1) is 27.7 Å². The van der Waals surface area contributed by atoms with Crippen molar-refractivity contribution in [3.63, 3.8) is 0 Å². The zero-order chi connectivity index (χ0) is 22.3. The number of anilines is 1. The Morgan fingerprint density at radius 1 is 1.10 bits per heavy atom. The molecule has 0 unspecified atom stereocenters. The molecule has 0 saturated heterocycles. The average molecular weight is 455 g/mol. The van der Waals surface area contributed by atoms with Crippen LogP contribution in [-0.4, -0.2) is 33.2 Å². The molecule has 1 amide bonds. The fraction of sp³-hybridized carbons (Fsp3) is 0.273. The van der Waals surface area contributed by atoms with Crippen LogP contribution in [0.4, 0.5) is 5.13 Å². The molecular formula is C22H22N4O3S2. The van der Waals surface area contributed by atoms with Gasteiger partial charge in [0.05, 0.1) is 11.4 Å². The molecule has 4 aromatic rings. The molecule has 3 heterocycles. The van der Waals surface area contributed by atoms with E-state index in [0.717, 1.165) is 32.7 Å². The van der Waals surface area contributed by atoms with Crippen molar-refractivity contribution in [2.45, 2.75) is 27.7 Å². The molecule has 0 fully saturated rings. The maximum atomic E-state index is 12.3. The SMILES string of the molecule is Cc1cc(C)c(-c2csc(NC(=O)COC(=O)c3cc4c(C)nn(C)c4s3)n2)cc1C. The van der Waals surface area contributed by atoms with Gasteiger partial charge in [0, 0.05) is 23.4 Å². The number of carbonyl (C=O) groups excluding carboxylic acids is 2. The number of rotatable bonds is 5. The molecule has 0 spiro atoms. The number of esters is 1. The number of thiophene rings is 1. The third-order valence-corrected chi connectivity index (χ3v) is 7.04. The summed E-state index contributed by atoms with van der Waals surface area (Å²) in [5.74, 6) is -0.952. The van der Waals surface area contributed by atoms with Gasteiger partial charge in [0.2, 0.25) is 0 Å². The Kier molecular flexibility index (Phi) is 5.63. The second-order valence-corrected chi connectivity index (χ2v) is 9.34. The number of fused-ring (bicyclic) bond motifs is 1. The summed E-state index contributed by atoms with van der Waals surface area (Å²) < 4.78 is 6.92. The number of nitrogens with zero attached hydrogens (tertiary/aromatic N) is 3. The smallest absolute Gasteiger partial charge is 0.348 e. The summed E-state index contributed by atoms with van der Waals surface area (Å²) in [6.45, 7) is 7.71. The molecule has 9 heteroatoms. The van der Waals surface area contributed by atoms with Gasteiger partial charge in [-0.1, -0.05) is 6.07 Å². The minimum Gasteiger partial charge on any atom is -0.451 e. The van der Waals surface area contributed by atoms with Crippen molar-refractivity contribution in [1.82, 2.24) is 14.8 Å². The van der Waals surface area contributed by atoms with Gasteiger partial charge in [0.15, 0.2) is 11.7 Å². The van der Waals surface area contributed by atoms with E-state index < -0.39 is 11.9 Å². The quantitative estimate of drug-likeness (QED) is 0.438. The molecule has 0 radical (unpaired) electrons. The fourth-order valence-electron chi connectivity index (χ4n) is 3.35. The molecule has 0 aliphatic carbocycles. The lowest BCUT2D eigenvalue weighted by molar-refractivity contribution is -0.119. The number of hydrogen-bond donors (Lipinski definition) is 1. The van der Waals surface area contributed by atoms with Gasteiger partial charge < -0.3 is 4.74 Å². The minimum absolute atomic E-state index is 0.373. The average Bonchev–Trinajstić information content (AvgIpc) is 3.41. The lowest BCUT2D eigenvalue weighted by Gasteiger charge is -2.07. The van der Waals surface area contributed by atoms with Gasteiger partial charge in [-0.3, -0.25) is 14.8 Å². The lowest BCUT2D eigenvalue weighted by atomic mass is 9.99. The Morgan fingerprint density at radius 2 is 1.84 bits per heavy atom. The van der Waals surface area contributed by atoms with Crippen molar-refractivity contribution in [3.05, 3.63) is 50.8 Å². The standard InChI is InChI=1S/C22H22N4O3S2/c1-11-6-13(3)15(7-12(11)2)17-10-30-22(23-17)24-19(27)9-29-21(28)18-8-16-14(4)25-26(5)20(16)31-18/h6-8,10H,9H2,1-5H3,(H,23,24,27). The Balaban J connectivity index is 1.38. The molecule has 4 rings (SSSR count). The van der Waals surface area contributed by atoms with Gasteiger partial charge in [-0.05, 0) is 56.5 Å². The molecule has 160 valence electrons. The van der Waals surface area contributed by atoms with Crippen molar-refractivity contribution in [3.8, 4) is 11.3 Å². The number of aromatic nitrogens is 3. The molecule has 1 aromatic carbocycles. The Morgan fingerprint density at radius 3 is 2.58 bits per heavy atom. The summed E-state index contributed by atoms with van der Waals surface area (Å²) in [4.78, 5) is 30.5. The minimum atomic E-state index is -0.527. The molecule has 0 aliphatic heterocycles. The van der Waals surface area contributed by atoms with E-state index in [1.54, 1.807) is 10.7 Å². The maximum Gasteiger partial charge on any atom is 0.348 e. The number of aryl methyl sites for hydroxylation is 5. The predicted molar refractivity (Wildman–Crippen MR) is 124 cm³/mol. The van der Waals surface area contributed by atoms with Crippen molar-refractivity contribution < 1.29 is 14.3 Å². The summed E-state index contributed by atoms with van der Waals surface area (Å²) in [6.07, 6.45) is 0. The van der Waals surface area contributed by atoms with Crippen molar-refractivity contribution in [1.29, 1.82) is 0 Å². The van der Waals surface area contributed by atoms with Crippen LogP contribution in [0.2, 0.25) is 0 Å². The van der Waals surface area contributed by atoms with Crippen molar-refractivity contribution in [2.75, 3.05) is 11.9 Å². The molecule has 1 N–H and O–H groups in total. The highest BCUT2D eigenvalue weighted by Gasteiger charge is 2.18. The number of hydrogen-bond acceptors (Lipinski definition) is 7. The number of nitrogens with one attached hydrogen (secondary N) is 1. The number of amides is 1. The van der Waals surface area contributed by atoms with Crippen LogP contribution in [0.25, 0.3) is 21.5 Å². The monoisotopic (exact) mass is 454 g/mol. The first-order valence-corrected chi connectivity index (χ1v) is 11.4.